The van der Waals surface area contributed by atoms with E-state index in [1.54, 1.807) is 7.11 Å². The van der Waals surface area contributed by atoms with Crippen molar-refractivity contribution in [2.45, 2.75) is 51.1 Å². The molecular formula is C17H26N2O2. The van der Waals surface area contributed by atoms with E-state index in [9.17, 15) is 4.79 Å². The molecule has 3 atom stereocenters. The van der Waals surface area contributed by atoms with Crippen LogP contribution in [0.5, 0.6) is 5.75 Å². The van der Waals surface area contributed by atoms with E-state index in [-0.39, 0.29) is 23.9 Å². The standard InChI is InChI=1S/C17H26N2O2/c1-12(13-8-10-14(21-2)11-9-13)19-17(20)15-6-4-3-5-7-16(15)18/h8-12,15-16H,3-7,18H2,1-2H3,(H,19,20)/t12-,15?,16?/m1/s1. The Morgan fingerprint density at radius 2 is 1.90 bits per heavy atom. The zero-order valence-corrected chi connectivity index (χ0v) is 13.0. The first-order valence-corrected chi connectivity index (χ1v) is 7.81. The SMILES string of the molecule is COc1ccc([C@@H](C)NC(=O)C2CCCCCC2N)cc1. The fraction of sp³-hybridized carbons (Fsp3) is 0.588. The fourth-order valence-corrected chi connectivity index (χ4v) is 2.96. The number of nitrogens with two attached hydrogens (primary N) is 1. The summed E-state index contributed by atoms with van der Waals surface area (Å²) < 4.78 is 5.15. The van der Waals surface area contributed by atoms with Crippen LogP contribution in [0.3, 0.4) is 0 Å². The number of rotatable bonds is 4. The molecule has 1 aliphatic carbocycles. The molecule has 0 spiro atoms. The normalized spacial score (nSPS) is 24.0. The van der Waals surface area contributed by atoms with E-state index in [0.29, 0.717) is 0 Å². The molecule has 0 heterocycles. The molecule has 0 aliphatic heterocycles. The maximum atomic E-state index is 12.5. The summed E-state index contributed by atoms with van der Waals surface area (Å²) in [6.45, 7) is 2.00. The highest BCUT2D eigenvalue weighted by Gasteiger charge is 2.27. The minimum absolute atomic E-state index is 0.00410. The van der Waals surface area contributed by atoms with E-state index in [2.05, 4.69) is 5.32 Å². The molecule has 1 amide bonds. The maximum Gasteiger partial charge on any atom is 0.225 e. The molecule has 0 saturated heterocycles. The van der Waals surface area contributed by atoms with Crippen LogP contribution in [0, 0.1) is 5.92 Å². The van der Waals surface area contributed by atoms with Gasteiger partial charge in [-0.2, -0.15) is 0 Å². The topological polar surface area (TPSA) is 64.3 Å². The van der Waals surface area contributed by atoms with E-state index < -0.39 is 0 Å². The maximum absolute atomic E-state index is 12.5. The summed E-state index contributed by atoms with van der Waals surface area (Å²) >= 11 is 0. The Morgan fingerprint density at radius 3 is 2.57 bits per heavy atom. The van der Waals surface area contributed by atoms with Gasteiger partial charge in [-0.1, -0.05) is 31.4 Å². The second-order valence-electron chi connectivity index (χ2n) is 5.91. The lowest BCUT2D eigenvalue weighted by molar-refractivity contribution is -0.126. The fourth-order valence-electron chi connectivity index (χ4n) is 2.96. The van der Waals surface area contributed by atoms with Gasteiger partial charge in [0.25, 0.3) is 0 Å². The number of benzene rings is 1. The number of carbonyl (C=O) groups is 1. The molecule has 1 aliphatic rings. The van der Waals surface area contributed by atoms with Crippen molar-refractivity contribution in [1.82, 2.24) is 5.32 Å². The van der Waals surface area contributed by atoms with Gasteiger partial charge in [-0.25, -0.2) is 0 Å². The first-order chi connectivity index (χ1) is 10.1. The van der Waals surface area contributed by atoms with Gasteiger partial charge in [-0.15, -0.1) is 0 Å². The molecule has 0 radical (unpaired) electrons. The summed E-state index contributed by atoms with van der Waals surface area (Å²) in [4.78, 5) is 12.5. The van der Waals surface area contributed by atoms with Crippen LogP contribution < -0.4 is 15.8 Å². The highest BCUT2D eigenvalue weighted by molar-refractivity contribution is 5.79. The number of methoxy groups -OCH3 is 1. The molecule has 1 aromatic rings. The van der Waals surface area contributed by atoms with Crippen LogP contribution in [-0.2, 0) is 4.79 Å². The Kier molecular flexibility index (Phi) is 5.62. The summed E-state index contributed by atoms with van der Waals surface area (Å²) in [6, 6.07) is 7.77. The Morgan fingerprint density at radius 1 is 1.24 bits per heavy atom. The van der Waals surface area contributed by atoms with Gasteiger partial charge in [-0.05, 0) is 37.5 Å². The van der Waals surface area contributed by atoms with Crippen molar-refractivity contribution in [2.24, 2.45) is 11.7 Å². The van der Waals surface area contributed by atoms with E-state index in [1.165, 1.54) is 6.42 Å². The van der Waals surface area contributed by atoms with Crippen LogP contribution in [0.25, 0.3) is 0 Å². The lowest BCUT2D eigenvalue weighted by Gasteiger charge is -2.23. The molecule has 1 saturated carbocycles. The van der Waals surface area contributed by atoms with Gasteiger partial charge in [0.05, 0.1) is 19.1 Å². The summed E-state index contributed by atoms with van der Waals surface area (Å²) in [7, 11) is 1.65. The molecule has 4 nitrogen and oxygen atoms in total. The van der Waals surface area contributed by atoms with Crippen molar-refractivity contribution in [3.05, 3.63) is 29.8 Å². The van der Waals surface area contributed by atoms with E-state index >= 15 is 0 Å². The molecule has 21 heavy (non-hydrogen) atoms. The molecule has 2 rings (SSSR count). The minimum Gasteiger partial charge on any atom is -0.497 e. The summed E-state index contributed by atoms with van der Waals surface area (Å²) in [5.74, 6) is 0.865. The molecule has 2 unspecified atom stereocenters. The highest BCUT2D eigenvalue weighted by atomic mass is 16.5. The van der Waals surface area contributed by atoms with Gasteiger partial charge in [0.2, 0.25) is 5.91 Å². The van der Waals surface area contributed by atoms with Gasteiger partial charge in [0.1, 0.15) is 5.75 Å². The Hall–Kier alpha value is -1.55. The molecule has 1 fully saturated rings. The molecule has 0 aromatic heterocycles. The van der Waals surface area contributed by atoms with Crippen LogP contribution >= 0.6 is 0 Å². The largest absolute Gasteiger partial charge is 0.497 e. The number of hydrogen-bond donors (Lipinski definition) is 2. The van der Waals surface area contributed by atoms with E-state index in [0.717, 1.165) is 37.0 Å². The van der Waals surface area contributed by atoms with Gasteiger partial charge in [0, 0.05) is 6.04 Å². The van der Waals surface area contributed by atoms with E-state index in [1.807, 2.05) is 31.2 Å². The highest BCUT2D eigenvalue weighted by Crippen LogP contribution is 2.24. The molecule has 0 bridgehead atoms. The third kappa shape index (κ3) is 4.21. The third-order valence-electron chi connectivity index (χ3n) is 4.38. The quantitative estimate of drug-likeness (QED) is 0.838. The summed E-state index contributed by atoms with van der Waals surface area (Å²) in [6.07, 6.45) is 5.28. The Labute approximate surface area is 127 Å². The van der Waals surface area contributed by atoms with Crippen molar-refractivity contribution in [3.8, 4) is 5.75 Å². The monoisotopic (exact) mass is 290 g/mol. The summed E-state index contributed by atoms with van der Waals surface area (Å²) in [5.41, 5.74) is 7.23. The van der Waals surface area contributed by atoms with Crippen molar-refractivity contribution in [3.63, 3.8) is 0 Å². The number of amides is 1. The Balaban J connectivity index is 1.96. The van der Waals surface area contributed by atoms with Crippen molar-refractivity contribution in [1.29, 1.82) is 0 Å². The van der Waals surface area contributed by atoms with Gasteiger partial charge in [-0.3, -0.25) is 4.79 Å². The first kappa shape index (κ1) is 15.8. The predicted molar refractivity (Wildman–Crippen MR) is 84.1 cm³/mol. The minimum atomic E-state index is -0.0480. The average Bonchev–Trinajstić information content (AvgIpc) is 2.71. The molecule has 1 aromatic carbocycles. The van der Waals surface area contributed by atoms with Crippen molar-refractivity contribution >= 4 is 5.91 Å². The van der Waals surface area contributed by atoms with Crippen molar-refractivity contribution in [2.75, 3.05) is 7.11 Å². The lowest BCUT2D eigenvalue weighted by atomic mass is 9.94. The van der Waals surface area contributed by atoms with Crippen LogP contribution in [0.2, 0.25) is 0 Å². The zero-order valence-electron chi connectivity index (χ0n) is 13.0. The molecule has 4 heteroatoms. The van der Waals surface area contributed by atoms with Crippen LogP contribution in [0.1, 0.15) is 50.6 Å². The number of ether oxygens (including phenoxy) is 1. The van der Waals surface area contributed by atoms with Gasteiger partial charge < -0.3 is 15.8 Å². The van der Waals surface area contributed by atoms with Crippen LogP contribution in [0.15, 0.2) is 24.3 Å². The third-order valence-corrected chi connectivity index (χ3v) is 4.38. The average molecular weight is 290 g/mol. The number of nitrogens with one attached hydrogen (secondary N) is 1. The second-order valence-corrected chi connectivity index (χ2v) is 5.91. The predicted octanol–water partition coefficient (Wildman–Crippen LogP) is 2.78. The zero-order chi connectivity index (χ0) is 15.2. The van der Waals surface area contributed by atoms with Crippen LogP contribution in [0.4, 0.5) is 0 Å². The van der Waals surface area contributed by atoms with E-state index in [4.69, 9.17) is 10.5 Å². The number of carbonyl (C=O) groups excluding carboxylic acids is 1. The lowest BCUT2D eigenvalue weighted by Crippen LogP contribution is -2.42. The number of hydrogen-bond acceptors (Lipinski definition) is 3. The smallest absolute Gasteiger partial charge is 0.225 e. The molecular weight excluding hydrogens is 264 g/mol. The summed E-state index contributed by atoms with van der Waals surface area (Å²) in [5, 5.41) is 3.10. The van der Waals surface area contributed by atoms with Crippen molar-refractivity contribution < 1.29 is 9.53 Å². The Bertz CT molecular complexity index is 458. The van der Waals surface area contributed by atoms with Gasteiger partial charge in [0.15, 0.2) is 0 Å². The second kappa shape index (κ2) is 7.46. The molecule has 3 N–H and O–H groups in total. The van der Waals surface area contributed by atoms with Gasteiger partial charge >= 0.3 is 0 Å². The first-order valence-electron chi connectivity index (χ1n) is 7.81. The molecule has 116 valence electrons. The van der Waals surface area contributed by atoms with Crippen LogP contribution in [-0.4, -0.2) is 19.1 Å².